The molecule has 2 rings (SSSR count). The van der Waals surface area contributed by atoms with Crippen LogP contribution in [0.25, 0.3) is 0 Å². The lowest BCUT2D eigenvalue weighted by Gasteiger charge is -2.12. The van der Waals surface area contributed by atoms with Gasteiger partial charge >= 0.3 is 0 Å². The van der Waals surface area contributed by atoms with Crippen LogP contribution in [-0.4, -0.2) is 45.5 Å². The number of hydrogen-bond acceptors (Lipinski definition) is 5. The number of carbonyl (C=O) groups excluding carboxylic acids is 1. The van der Waals surface area contributed by atoms with Crippen LogP contribution in [0, 0.1) is 0 Å². The number of carbonyl (C=O) groups is 1. The van der Waals surface area contributed by atoms with Crippen LogP contribution >= 0.6 is 0 Å². The van der Waals surface area contributed by atoms with E-state index in [1.807, 2.05) is 30.3 Å². The minimum atomic E-state index is -3.56. The molecule has 2 aromatic rings. The van der Waals surface area contributed by atoms with Crippen LogP contribution in [0.15, 0.2) is 64.6 Å². The number of rotatable bonds is 7. The van der Waals surface area contributed by atoms with E-state index in [1.54, 1.807) is 12.1 Å². The maximum Gasteiger partial charge on any atom is 0.265 e. The Morgan fingerprint density at radius 1 is 1.16 bits per heavy atom. The third-order valence-corrected chi connectivity index (χ3v) is 4.98. The molecule has 2 aromatic carbocycles. The topological polar surface area (TPSA) is 88.1 Å². The summed E-state index contributed by atoms with van der Waals surface area (Å²) in [6.07, 6.45) is 1.50. The minimum Gasteiger partial charge on any atom is -0.386 e. The fourth-order valence-electron chi connectivity index (χ4n) is 1.88. The van der Waals surface area contributed by atoms with Crippen molar-refractivity contribution >= 4 is 27.8 Å². The van der Waals surface area contributed by atoms with Crippen molar-refractivity contribution < 1.29 is 18.0 Å². The van der Waals surface area contributed by atoms with Crippen molar-refractivity contribution in [2.24, 2.45) is 5.16 Å². The summed E-state index contributed by atoms with van der Waals surface area (Å²) in [7, 11) is -0.672. The zero-order chi connectivity index (χ0) is 18.3. The largest absolute Gasteiger partial charge is 0.386 e. The summed E-state index contributed by atoms with van der Waals surface area (Å²) < 4.78 is 25.3. The van der Waals surface area contributed by atoms with Gasteiger partial charge in [-0.2, -0.15) is 0 Å². The first-order valence-corrected chi connectivity index (χ1v) is 8.86. The monoisotopic (exact) mass is 361 g/mol. The lowest BCUT2D eigenvalue weighted by Crippen LogP contribution is -2.22. The molecule has 7 nitrogen and oxygen atoms in total. The highest BCUT2D eigenvalue weighted by molar-refractivity contribution is 7.89. The van der Waals surface area contributed by atoms with Gasteiger partial charge in [-0.15, -0.1) is 0 Å². The number of nitrogens with one attached hydrogen (secondary N) is 1. The Morgan fingerprint density at radius 3 is 2.56 bits per heavy atom. The quantitative estimate of drug-likeness (QED) is 0.603. The number of anilines is 1. The molecule has 1 N–H and O–H groups in total. The van der Waals surface area contributed by atoms with Crippen molar-refractivity contribution in [3.63, 3.8) is 0 Å². The molecular weight excluding hydrogens is 342 g/mol. The second kappa shape index (κ2) is 8.41. The van der Waals surface area contributed by atoms with Crippen LogP contribution in [0.1, 0.15) is 5.56 Å². The molecule has 0 unspecified atom stereocenters. The molecule has 0 atom stereocenters. The Labute approximate surface area is 147 Å². The van der Waals surface area contributed by atoms with Gasteiger partial charge in [0.2, 0.25) is 10.0 Å². The number of oxime groups is 1. The van der Waals surface area contributed by atoms with E-state index in [-0.39, 0.29) is 11.5 Å². The summed E-state index contributed by atoms with van der Waals surface area (Å²) >= 11 is 0. The predicted molar refractivity (Wildman–Crippen MR) is 95.9 cm³/mol. The predicted octanol–water partition coefficient (Wildman–Crippen LogP) is 1.93. The van der Waals surface area contributed by atoms with Gasteiger partial charge in [-0.25, -0.2) is 12.7 Å². The minimum absolute atomic E-state index is 0.0957. The van der Waals surface area contributed by atoms with Gasteiger partial charge in [0.05, 0.1) is 11.1 Å². The number of hydrogen-bond donors (Lipinski definition) is 1. The van der Waals surface area contributed by atoms with Crippen molar-refractivity contribution in [3.8, 4) is 0 Å². The molecule has 132 valence electrons. The number of benzene rings is 2. The second-order valence-electron chi connectivity index (χ2n) is 5.28. The molecule has 0 aliphatic carbocycles. The third kappa shape index (κ3) is 5.40. The lowest BCUT2D eigenvalue weighted by atomic mass is 10.2. The number of sulfonamides is 1. The molecule has 0 saturated heterocycles. The zero-order valence-corrected chi connectivity index (χ0v) is 14.7. The van der Waals surface area contributed by atoms with Gasteiger partial charge < -0.3 is 10.2 Å². The van der Waals surface area contributed by atoms with Crippen molar-refractivity contribution in [3.05, 3.63) is 60.2 Å². The van der Waals surface area contributed by atoms with E-state index in [9.17, 15) is 13.2 Å². The SMILES string of the molecule is CN(C)S(=O)(=O)c1cccc(NC(=O)CO/N=C\c2ccccc2)c1. The van der Waals surface area contributed by atoms with Crippen molar-refractivity contribution in [2.75, 3.05) is 26.0 Å². The van der Waals surface area contributed by atoms with Gasteiger partial charge in [-0.1, -0.05) is 41.6 Å². The Hall–Kier alpha value is -2.71. The summed E-state index contributed by atoms with van der Waals surface area (Å²) in [5.41, 5.74) is 1.22. The first-order chi connectivity index (χ1) is 11.9. The molecule has 0 radical (unpaired) electrons. The summed E-state index contributed by atoms with van der Waals surface area (Å²) in [5.74, 6) is -0.440. The van der Waals surface area contributed by atoms with E-state index in [0.29, 0.717) is 5.69 Å². The molecular formula is C17H19N3O4S. The Bertz CT molecular complexity index is 849. The van der Waals surface area contributed by atoms with Crippen molar-refractivity contribution in [1.29, 1.82) is 0 Å². The third-order valence-electron chi connectivity index (χ3n) is 3.17. The van der Waals surface area contributed by atoms with Gasteiger partial charge in [0, 0.05) is 19.8 Å². The normalized spacial score (nSPS) is 11.6. The van der Waals surface area contributed by atoms with Crippen LogP contribution in [0.4, 0.5) is 5.69 Å². The zero-order valence-electron chi connectivity index (χ0n) is 13.9. The Balaban J connectivity index is 1.92. The molecule has 0 aliphatic heterocycles. The fourth-order valence-corrected chi connectivity index (χ4v) is 2.82. The lowest BCUT2D eigenvalue weighted by molar-refractivity contribution is -0.120. The average Bonchev–Trinajstić information content (AvgIpc) is 2.60. The van der Waals surface area contributed by atoms with Crippen LogP contribution in [-0.2, 0) is 19.7 Å². The van der Waals surface area contributed by atoms with Gasteiger partial charge in [0.1, 0.15) is 0 Å². The molecule has 0 bridgehead atoms. The van der Waals surface area contributed by atoms with E-state index >= 15 is 0 Å². The maximum absolute atomic E-state index is 12.1. The van der Waals surface area contributed by atoms with E-state index < -0.39 is 15.9 Å². The molecule has 0 saturated carbocycles. The fraction of sp³-hybridized carbons (Fsp3) is 0.176. The summed E-state index contributed by atoms with van der Waals surface area (Å²) in [5, 5.41) is 6.29. The van der Waals surface area contributed by atoms with Crippen LogP contribution < -0.4 is 5.32 Å². The Kier molecular flexibility index (Phi) is 6.26. The van der Waals surface area contributed by atoms with Crippen LogP contribution in [0.5, 0.6) is 0 Å². The maximum atomic E-state index is 12.1. The van der Waals surface area contributed by atoms with Gasteiger partial charge in [-0.3, -0.25) is 4.79 Å². The highest BCUT2D eigenvalue weighted by atomic mass is 32.2. The van der Waals surface area contributed by atoms with Gasteiger partial charge in [0.15, 0.2) is 6.61 Å². The van der Waals surface area contributed by atoms with E-state index in [1.165, 1.54) is 32.4 Å². The van der Waals surface area contributed by atoms with Crippen molar-refractivity contribution in [1.82, 2.24) is 4.31 Å². The van der Waals surface area contributed by atoms with Crippen LogP contribution in [0.2, 0.25) is 0 Å². The smallest absolute Gasteiger partial charge is 0.265 e. The second-order valence-corrected chi connectivity index (χ2v) is 7.43. The number of amides is 1. The van der Waals surface area contributed by atoms with E-state index in [0.717, 1.165) is 9.87 Å². The summed E-state index contributed by atoms with van der Waals surface area (Å²) in [6, 6.07) is 15.3. The molecule has 0 aliphatic rings. The van der Waals surface area contributed by atoms with Crippen molar-refractivity contribution in [2.45, 2.75) is 4.90 Å². The van der Waals surface area contributed by atoms with Crippen LogP contribution in [0.3, 0.4) is 0 Å². The van der Waals surface area contributed by atoms with Gasteiger partial charge in [-0.05, 0) is 23.8 Å². The Morgan fingerprint density at radius 2 is 1.88 bits per heavy atom. The molecule has 25 heavy (non-hydrogen) atoms. The molecule has 0 heterocycles. The highest BCUT2D eigenvalue weighted by Gasteiger charge is 2.17. The standard InChI is InChI=1S/C17H19N3O4S/c1-20(2)25(22,23)16-10-6-9-15(11-16)19-17(21)13-24-18-12-14-7-4-3-5-8-14/h3-12H,13H2,1-2H3,(H,19,21)/b18-12-. The molecule has 8 heteroatoms. The van der Waals surface area contributed by atoms with E-state index in [4.69, 9.17) is 4.84 Å². The molecule has 0 fully saturated rings. The average molecular weight is 361 g/mol. The number of nitrogens with zero attached hydrogens (tertiary/aromatic N) is 2. The van der Waals surface area contributed by atoms with Gasteiger partial charge in [0.25, 0.3) is 5.91 Å². The molecule has 0 aromatic heterocycles. The highest BCUT2D eigenvalue weighted by Crippen LogP contribution is 2.17. The first kappa shape index (κ1) is 18.6. The summed E-state index contributed by atoms with van der Waals surface area (Å²) in [4.78, 5) is 16.9. The molecule has 1 amide bonds. The molecule has 0 spiro atoms. The first-order valence-electron chi connectivity index (χ1n) is 7.42. The summed E-state index contributed by atoms with van der Waals surface area (Å²) in [6.45, 7) is -0.284. The van der Waals surface area contributed by atoms with E-state index in [2.05, 4.69) is 10.5 Å².